The molecule has 4 N–H and O–H groups in total. The summed E-state index contributed by atoms with van der Waals surface area (Å²) in [5.41, 5.74) is 2.64. The van der Waals surface area contributed by atoms with Crippen molar-refractivity contribution < 1.29 is 13.0 Å². The highest BCUT2D eigenvalue weighted by Gasteiger charge is 2.26. The molecule has 0 saturated heterocycles. The van der Waals surface area contributed by atoms with Crippen LogP contribution in [0.1, 0.15) is 0 Å². The number of anilines is 2. The Kier molecular flexibility index (Phi) is 3.05. The summed E-state index contributed by atoms with van der Waals surface area (Å²) < 4.78 is 31.3. The first-order chi connectivity index (χ1) is 6.95. The van der Waals surface area contributed by atoms with Crippen LogP contribution in [0.25, 0.3) is 0 Å². The van der Waals surface area contributed by atoms with Gasteiger partial charge in [-0.05, 0) is 0 Å². The fourth-order valence-electron chi connectivity index (χ4n) is 1.19. The fraction of sp³-hybridized carbons (Fsp3) is 0.500. The lowest BCUT2D eigenvalue weighted by molar-refractivity contribution is 0.484. The van der Waals surface area contributed by atoms with Gasteiger partial charge in [-0.2, -0.15) is 13.2 Å². The first-order valence-corrected chi connectivity index (χ1v) is 5.53. The van der Waals surface area contributed by atoms with Gasteiger partial charge in [0.2, 0.25) is 0 Å². The van der Waals surface area contributed by atoms with Gasteiger partial charge in [0.05, 0.1) is 0 Å². The lowest BCUT2D eigenvalue weighted by atomic mass is 10.5. The molecule has 0 saturated carbocycles. The zero-order chi connectivity index (χ0) is 11.6. The first kappa shape index (κ1) is 11.6. The monoisotopic (exact) mass is 235 g/mol. The van der Waals surface area contributed by atoms with Crippen molar-refractivity contribution in [3.05, 3.63) is 0 Å². The molecule has 0 amide bonds. The van der Waals surface area contributed by atoms with E-state index in [1.807, 2.05) is 0 Å². The molecule has 9 heteroatoms. The Hall–Kier alpha value is -1.48. The SMILES string of the molecule is CNc1nn(NC)c(NC)c1S(=O)(=O)O. The third-order valence-corrected chi connectivity index (χ3v) is 2.69. The fourth-order valence-corrected chi connectivity index (χ4v) is 2.01. The predicted octanol–water partition coefficient (Wildman–Crippen LogP) is -0.613. The minimum Gasteiger partial charge on any atom is -0.370 e. The molecule has 1 heterocycles. The largest absolute Gasteiger partial charge is 0.370 e. The topological polar surface area (TPSA) is 108 Å². The molecule has 0 atom stereocenters. The minimum atomic E-state index is -4.33. The van der Waals surface area contributed by atoms with Crippen molar-refractivity contribution in [1.82, 2.24) is 9.89 Å². The van der Waals surface area contributed by atoms with Crippen LogP contribution in [0.4, 0.5) is 11.6 Å². The van der Waals surface area contributed by atoms with E-state index in [1.165, 1.54) is 18.9 Å². The summed E-state index contributed by atoms with van der Waals surface area (Å²) in [7, 11) is 0.282. The van der Waals surface area contributed by atoms with Gasteiger partial charge in [0.25, 0.3) is 0 Å². The van der Waals surface area contributed by atoms with Crippen LogP contribution in [0.2, 0.25) is 0 Å². The number of nitrogens with one attached hydrogen (secondary N) is 3. The first-order valence-electron chi connectivity index (χ1n) is 4.09. The van der Waals surface area contributed by atoms with E-state index in [4.69, 9.17) is 4.55 Å². The van der Waals surface area contributed by atoms with Crippen molar-refractivity contribution in [2.24, 2.45) is 0 Å². The van der Waals surface area contributed by atoms with Gasteiger partial charge in [-0.15, -0.1) is 5.10 Å². The van der Waals surface area contributed by atoms with E-state index < -0.39 is 10.1 Å². The normalized spacial score (nSPS) is 11.2. The highest BCUT2D eigenvalue weighted by Crippen LogP contribution is 2.27. The molecule has 0 radical (unpaired) electrons. The number of hydrogen-bond acceptors (Lipinski definition) is 6. The number of nitrogens with zero attached hydrogens (tertiary/aromatic N) is 2. The molecule has 86 valence electrons. The third-order valence-electron chi connectivity index (χ3n) is 1.79. The quantitative estimate of drug-likeness (QED) is 0.515. The number of hydrogen-bond donors (Lipinski definition) is 4. The summed E-state index contributed by atoms with van der Waals surface area (Å²) in [5.74, 6) is 0.223. The number of rotatable bonds is 4. The Morgan fingerprint density at radius 1 is 1.27 bits per heavy atom. The minimum absolute atomic E-state index is 0.0659. The average Bonchev–Trinajstić information content (AvgIpc) is 2.54. The Morgan fingerprint density at radius 3 is 2.20 bits per heavy atom. The molecule has 0 fully saturated rings. The lowest BCUT2D eigenvalue weighted by Gasteiger charge is -2.05. The van der Waals surface area contributed by atoms with Crippen molar-refractivity contribution in [3.8, 4) is 0 Å². The molecule has 0 bridgehead atoms. The average molecular weight is 235 g/mol. The summed E-state index contributed by atoms with van der Waals surface area (Å²) in [6.07, 6.45) is 0. The maximum atomic E-state index is 11.1. The van der Waals surface area contributed by atoms with Gasteiger partial charge in [0.1, 0.15) is 0 Å². The van der Waals surface area contributed by atoms with E-state index in [-0.39, 0.29) is 16.5 Å². The van der Waals surface area contributed by atoms with Crippen molar-refractivity contribution in [2.45, 2.75) is 4.90 Å². The van der Waals surface area contributed by atoms with Crippen LogP contribution in [0.15, 0.2) is 4.90 Å². The van der Waals surface area contributed by atoms with Crippen molar-refractivity contribution in [3.63, 3.8) is 0 Å². The van der Waals surface area contributed by atoms with Crippen molar-refractivity contribution >= 4 is 21.8 Å². The maximum Gasteiger partial charge on any atom is 0.302 e. The van der Waals surface area contributed by atoms with Crippen molar-refractivity contribution in [2.75, 3.05) is 37.2 Å². The Morgan fingerprint density at radius 2 is 1.87 bits per heavy atom. The molecule has 1 rings (SSSR count). The van der Waals surface area contributed by atoms with Gasteiger partial charge in [-0.25, -0.2) is 0 Å². The summed E-state index contributed by atoms with van der Waals surface area (Å²) >= 11 is 0. The van der Waals surface area contributed by atoms with Gasteiger partial charge in [0.15, 0.2) is 16.5 Å². The Balaban J connectivity index is 3.52. The zero-order valence-corrected chi connectivity index (χ0v) is 9.38. The maximum absolute atomic E-state index is 11.1. The molecule has 0 aliphatic rings. The highest BCUT2D eigenvalue weighted by molar-refractivity contribution is 7.86. The van der Waals surface area contributed by atoms with E-state index in [0.717, 1.165) is 0 Å². The van der Waals surface area contributed by atoms with E-state index in [2.05, 4.69) is 21.2 Å². The molecule has 0 spiro atoms. The second kappa shape index (κ2) is 3.95. The molecule has 0 aliphatic heterocycles. The van der Waals surface area contributed by atoms with Gasteiger partial charge in [0, 0.05) is 21.1 Å². The number of aromatic nitrogens is 2. The molecule has 15 heavy (non-hydrogen) atoms. The van der Waals surface area contributed by atoms with Crippen LogP contribution in [-0.2, 0) is 10.1 Å². The zero-order valence-electron chi connectivity index (χ0n) is 8.57. The van der Waals surface area contributed by atoms with E-state index in [1.54, 1.807) is 7.05 Å². The predicted molar refractivity (Wildman–Crippen MR) is 56.4 cm³/mol. The molecule has 1 aromatic rings. The summed E-state index contributed by atoms with van der Waals surface area (Å²) in [6.45, 7) is 0. The van der Waals surface area contributed by atoms with Crippen LogP contribution in [0.5, 0.6) is 0 Å². The second-order valence-electron chi connectivity index (χ2n) is 2.64. The summed E-state index contributed by atoms with van der Waals surface area (Å²) in [5, 5.41) is 9.09. The molecular formula is C6H13N5O3S. The molecule has 0 aromatic carbocycles. The van der Waals surface area contributed by atoms with Crippen LogP contribution in [-0.4, -0.2) is 44.0 Å². The van der Waals surface area contributed by atoms with Crippen molar-refractivity contribution in [1.29, 1.82) is 0 Å². The molecular weight excluding hydrogens is 222 g/mol. The van der Waals surface area contributed by atoms with Gasteiger partial charge in [-0.3, -0.25) is 4.55 Å². The van der Waals surface area contributed by atoms with E-state index in [9.17, 15) is 8.42 Å². The summed E-state index contributed by atoms with van der Waals surface area (Å²) in [6, 6.07) is 0. The van der Waals surface area contributed by atoms with E-state index in [0.29, 0.717) is 0 Å². The third kappa shape index (κ3) is 1.97. The molecule has 0 aliphatic carbocycles. The lowest BCUT2D eigenvalue weighted by Crippen LogP contribution is -2.14. The van der Waals surface area contributed by atoms with E-state index >= 15 is 0 Å². The Bertz CT molecular complexity index is 452. The smallest absolute Gasteiger partial charge is 0.302 e. The van der Waals surface area contributed by atoms with Crippen LogP contribution in [0, 0.1) is 0 Å². The van der Waals surface area contributed by atoms with Gasteiger partial charge < -0.3 is 16.1 Å². The second-order valence-corrected chi connectivity index (χ2v) is 4.00. The molecule has 1 aromatic heterocycles. The Labute approximate surface area is 87.4 Å². The van der Waals surface area contributed by atoms with Crippen LogP contribution >= 0.6 is 0 Å². The molecule has 8 nitrogen and oxygen atoms in total. The molecule has 0 unspecified atom stereocenters. The standard InChI is InChI=1S/C6H13N5O3S/c1-7-5-4(15(12,13)14)6(8-2)11(9-3)10-5/h8-9H,1-3H3,(H,7,10)(H,12,13,14). The van der Waals surface area contributed by atoms with Gasteiger partial charge in [-0.1, -0.05) is 0 Å². The summed E-state index contributed by atoms with van der Waals surface area (Å²) in [4.78, 5) is 0.913. The van der Waals surface area contributed by atoms with Crippen LogP contribution in [0.3, 0.4) is 0 Å². The van der Waals surface area contributed by atoms with Crippen LogP contribution < -0.4 is 16.1 Å². The highest BCUT2D eigenvalue weighted by atomic mass is 32.2. The van der Waals surface area contributed by atoms with Gasteiger partial charge >= 0.3 is 10.1 Å².